The molecule has 0 aliphatic carbocycles. The molecular formula is C17H17F3N4O4. The Balaban J connectivity index is 2.22. The number of carbonyl (C=O) groups is 1. The lowest BCUT2D eigenvalue weighted by molar-refractivity contribution is -0.190. The summed E-state index contributed by atoms with van der Waals surface area (Å²) >= 11 is 0. The van der Waals surface area contributed by atoms with E-state index < -0.39 is 18.2 Å². The fourth-order valence-corrected chi connectivity index (χ4v) is 1.93. The quantitative estimate of drug-likeness (QED) is 0.567. The van der Waals surface area contributed by atoms with Crippen molar-refractivity contribution >= 4 is 17.8 Å². The van der Waals surface area contributed by atoms with E-state index in [2.05, 4.69) is 25.3 Å². The van der Waals surface area contributed by atoms with E-state index in [1.165, 1.54) is 19.4 Å². The van der Waals surface area contributed by atoms with E-state index in [1.54, 1.807) is 25.1 Å². The van der Waals surface area contributed by atoms with Crippen LogP contribution in [0.3, 0.4) is 0 Å². The van der Waals surface area contributed by atoms with Crippen molar-refractivity contribution in [2.75, 3.05) is 12.4 Å². The number of alkyl halides is 3. The number of ether oxygens (including phenoxy) is 2. The van der Waals surface area contributed by atoms with Crippen LogP contribution in [0.4, 0.5) is 18.9 Å². The predicted molar refractivity (Wildman–Crippen MR) is 93.6 cm³/mol. The second kappa shape index (κ2) is 9.02. The van der Waals surface area contributed by atoms with E-state index in [0.29, 0.717) is 5.56 Å². The van der Waals surface area contributed by atoms with E-state index in [4.69, 9.17) is 9.47 Å². The van der Waals surface area contributed by atoms with Crippen molar-refractivity contribution in [3.05, 3.63) is 36.0 Å². The molecule has 28 heavy (non-hydrogen) atoms. The number of hydrogen-bond donors (Lipinski definition) is 1. The van der Waals surface area contributed by atoms with E-state index in [-0.39, 0.29) is 23.3 Å². The normalized spacial score (nSPS) is 12.5. The van der Waals surface area contributed by atoms with Crippen LogP contribution in [0.2, 0.25) is 0 Å². The number of rotatable bonds is 7. The van der Waals surface area contributed by atoms with Crippen molar-refractivity contribution in [3.63, 3.8) is 0 Å². The van der Waals surface area contributed by atoms with Crippen molar-refractivity contribution < 1.29 is 32.3 Å². The van der Waals surface area contributed by atoms with Crippen LogP contribution in [-0.4, -0.2) is 41.5 Å². The summed E-state index contributed by atoms with van der Waals surface area (Å²) in [6, 6.07) is 5.88. The largest absolute Gasteiger partial charge is 0.465 e. The zero-order valence-corrected chi connectivity index (χ0v) is 15.1. The molecule has 0 saturated heterocycles. The molecule has 0 fully saturated rings. The van der Waals surface area contributed by atoms with Gasteiger partial charge in [0.15, 0.2) is 11.9 Å². The minimum absolute atomic E-state index is 0.211. The van der Waals surface area contributed by atoms with Crippen molar-refractivity contribution in [3.8, 4) is 17.6 Å². The Labute approximate surface area is 158 Å². The number of aryl methyl sites for hydroxylation is 1. The summed E-state index contributed by atoms with van der Waals surface area (Å²) in [5, 5.41) is 5.90. The Bertz CT molecular complexity index is 859. The summed E-state index contributed by atoms with van der Waals surface area (Å²) in [7, 11) is 1.29. The van der Waals surface area contributed by atoms with E-state index >= 15 is 0 Å². The van der Waals surface area contributed by atoms with Gasteiger partial charge >= 0.3 is 12.2 Å². The first kappa shape index (κ1) is 20.9. The van der Waals surface area contributed by atoms with Gasteiger partial charge in [-0.15, -0.1) is 0 Å². The van der Waals surface area contributed by atoms with E-state index in [9.17, 15) is 18.0 Å². The molecular weight excluding hydrogens is 381 g/mol. The highest BCUT2D eigenvalue weighted by molar-refractivity contribution is 6.31. The van der Waals surface area contributed by atoms with Crippen LogP contribution in [0, 0.1) is 6.92 Å². The van der Waals surface area contributed by atoms with Crippen molar-refractivity contribution in [2.24, 2.45) is 5.16 Å². The lowest BCUT2D eigenvalue weighted by Gasteiger charge is -2.17. The highest BCUT2D eigenvalue weighted by atomic mass is 19.4. The molecule has 1 aromatic heterocycles. The first-order chi connectivity index (χ1) is 13.2. The van der Waals surface area contributed by atoms with E-state index in [0.717, 1.165) is 13.1 Å². The number of oxime groups is 1. The molecule has 2 aromatic rings. The zero-order valence-electron chi connectivity index (χ0n) is 15.1. The molecule has 1 amide bonds. The second-order valence-electron chi connectivity index (χ2n) is 5.44. The number of nitrogens with zero attached hydrogens (tertiary/aromatic N) is 3. The second-order valence-corrected chi connectivity index (χ2v) is 5.44. The van der Waals surface area contributed by atoms with Crippen molar-refractivity contribution in [2.45, 2.75) is 26.1 Å². The Hall–Kier alpha value is -3.37. The lowest BCUT2D eigenvalue weighted by atomic mass is 10.2. The summed E-state index contributed by atoms with van der Waals surface area (Å²) in [6.07, 6.45) is -4.47. The Morgan fingerprint density at radius 1 is 1.32 bits per heavy atom. The minimum atomic E-state index is -4.54. The maximum atomic E-state index is 12.6. The molecule has 1 atom stereocenters. The minimum Gasteiger partial charge on any atom is -0.465 e. The molecule has 1 heterocycles. The standard InChI is InChI=1S/C17H17F3N4O4/c1-10-5-4-6-12(23-13(25)9-22-26-3)15(10)28-16-21-8-7-14(24-16)27-11(2)17(18,19)20/h4-9,11H,1-3H3,(H,23,25)/b22-9+. The van der Waals surface area contributed by atoms with Gasteiger partial charge in [-0.1, -0.05) is 17.3 Å². The molecule has 0 bridgehead atoms. The maximum Gasteiger partial charge on any atom is 0.425 e. The number of amides is 1. The van der Waals surface area contributed by atoms with Gasteiger partial charge in [0.1, 0.15) is 13.3 Å². The van der Waals surface area contributed by atoms with Crippen LogP contribution in [0.25, 0.3) is 0 Å². The summed E-state index contributed by atoms with van der Waals surface area (Å²) in [5.41, 5.74) is 0.909. The van der Waals surface area contributed by atoms with Gasteiger partial charge in [-0.25, -0.2) is 4.98 Å². The molecule has 150 valence electrons. The molecule has 8 nitrogen and oxygen atoms in total. The average molecular weight is 398 g/mol. The number of para-hydroxylation sites is 1. The monoisotopic (exact) mass is 398 g/mol. The number of nitrogens with one attached hydrogen (secondary N) is 1. The van der Waals surface area contributed by atoms with Gasteiger partial charge in [-0.2, -0.15) is 18.2 Å². The number of aromatic nitrogens is 2. The van der Waals surface area contributed by atoms with Gasteiger partial charge in [-0.05, 0) is 25.5 Å². The number of carbonyl (C=O) groups excluding carboxylic acids is 1. The van der Waals surface area contributed by atoms with Crippen molar-refractivity contribution in [1.82, 2.24) is 9.97 Å². The molecule has 0 aliphatic heterocycles. The maximum absolute atomic E-state index is 12.6. The smallest absolute Gasteiger partial charge is 0.425 e. The first-order valence-electron chi connectivity index (χ1n) is 7.92. The van der Waals surface area contributed by atoms with Crippen LogP contribution < -0.4 is 14.8 Å². The van der Waals surface area contributed by atoms with Gasteiger partial charge in [0, 0.05) is 12.3 Å². The first-order valence-corrected chi connectivity index (χ1v) is 7.92. The topological polar surface area (TPSA) is 94.9 Å². The van der Waals surface area contributed by atoms with Gasteiger partial charge < -0.3 is 19.6 Å². The molecule has 1 unspecified atom stereocenters. The fourth-order valence-electron chi connectivity index (χ4n) is 1.93. The Kier molecular flexibility index (Phi) is 6.74. The third-order valence-electron chi connectivity index (χ3n) is 3.30. The van der Waals surface area contributed by atoms with Crippen LogP contribution in [-0.2, 0) is 9.63 Å². The fraction of sp³-hybridized carbons (Fsp3) is 0.294. The van der Waals surface area contributed by atoms with Crippen LogP contribution in [0.1, 0.15) is 12.5 Å². The van der Waals surface area contributed by atoms with Crippen LogP contribution in [0.15, 0.2) is 35.6 Å². The molecule has 2 rings (SSSR count). The predicted octanol–water partition coefficient (Wildman–Crippen LogP) is 3.48. The number of halogens is 3. The summed E-state index contributed by atoms with van der Waals surface area (Å²) in [6.45, 7) is 2.57. The summed E-state index contributed by atoms with van der Waals surface area (Å²) < 4.78 is 48.3. The zero-order chi connectivity index (χ0) is 20.7. The summed E-state index contributed by atoms with van der Waals surface area (Å²) in [4.78, 5) is 23.9. The van der Waals surface area contributed by atoms with Gasteiger partial charge in [-0.3, -0.25) is 4.79 Å². The highest BCUT2D eigenvalue weighted by Crippen LogP contribution is 2.32. The molecule has 1 N–H and O–H groups in total. The van der Waals surface area contributed by atoms with Crippen LogP contribution >= 0.6 is 0 Å². The van der Waals surface area contributed by atoms with E-state index in [1.807, 2.05) is 0 Å². The Morgan fingerprint density at radius 2 is 2.07 bits per heavy atom. The summed E-state index contributed by atoms with van der Waals surface area (Å²) in [5.74, 6) is -0.668. The number of benzene rings is 1. The molecule has 0 radical (unpaired) electrons. The Morgan fingerprint density at radius 3 is 2.75 bits per heavy atom. The SMILES string of the molecule is CO/N=C/C(=O)Nc1cccc(C)c1Oc1nccc(OC(C)C(F)(F)F)n1. The van der Waals surface area contributed by atoms with Gasteiger partial charge in [0.05, 0.1) is 5.69 Å². The molecule has 11 heteroatoms. The molecule has 0 spiro atoms. The van der Waals surface area contributed by atoms with Gasteiger partial charge in [0.2, 0.25) is 5.88 Å². The average Bonchev–Trinajstić information content (AvgIpc) is 2.62. The van der Waals surface area contributed by atoms with Crippen LogP contribution in [0.5, 0.6) is 17.6 Å². The third-order valence-corrected chi connectivity index (χ3v) is 3.30. The molecule has 1 aromatic carbocycles. The van der Waals surface area contributed by atoms with Gasteiger partial charge in [0.25, 0.3) is 5.91 Å². The molecule has 0 saturated carbocycles. The third kappa shape index (κ3) is 5.83. The highest BCUT2D eigenvalue weighted by Gasteiger charge is 2.38. The number of anilines is 1. The van der Waals surface area contributed by atoms with Crippen molar-refractivity contribution in [1.29, 1.82) is 0 Å². The molecule has 0 aliphatic rings. The number of hydrogen-bond acceptors (Lipinski definition) is 7. The lowest BCUT2D eigenvalue weighted by Crippen LogP contribution is -2.31.